The van der Waals surface area contributed by atoms with Crippen molar-refractivity contribution in [3.8, 4) is 11.4 Å². The zero-order valence-corrected chi connectivity index (χ0v) is 16.7. The molecule has 1 heterocycles. The minimum atomic E-state index is 0.0880. The summed E-state index contributed by atoms with van der Waals surface area (Å²) in [6, 6.07) is 7.89. The summed E-state index contributed by atoms with van der Waals surface area (Å²) in [5, 5.41) is 13.3. The molecule has 0 spiro atoms. The number of allylic oxidation sites excluding steroid dienone is 1. The summed E-state index contributed by atoms with van der Waals surface area (Å²) in [6.07, 6.45) is 6.84. The molecular formula is C20H23ClN4OS. The van der Waals surface area contributed by atoms with E-state index in [-0.39, 0.29) is 5.91 Å². The summed E-state index contributed by atoms with van der Waals surface area (Å²) in [4.78, 5) is 12.5. The average Bonchev–Trinajstić information content (AvgIpc) is 3.58. The largest absolute Gasteiger partial charge is 0.352 e. The van der Waals surface area contributed by atoms with E-state index in [4.69, 9.17) is 11.6 Å². The second-order valence-corrected chi connectivity index (χ2v) is 8.65. The minimum absolute atomic E-state index is 0.0880. The zero-order chi connectivity index (χ0) is 18.8. The predicted molar refractivity (Wildman–Crippen MR) is 109 cm³/mol. The minimum Gasteiger partial charge on any atom is -0.352 e. The molecule has 2 aliphatic carbocycles. The number of aromatic nitrogens is 3. The third-order valence-corrected chi connectivity index (χ3v) is 6.27. The fourth-order valence-corrected chi connectivity index (χ4v) is 4.28. The Balaban J connectivity index is 1.42. The summed E-state index contributed by atoms with van der Waals surface area (Å²) >= 11 is 7.40. The van der Waals surface area contributed by atoms with E-state index in [1.807, 2.05) is 34.9 Å². The van der Waals surface area contributed by atoms with Crippen LogP contribution in [0.2, 0.25) is 5.02 Å². The topological polar surface area (TPSA) is 59.8 Å². The molecule has 0 saturated heterocycles. The van der Waals surface area contributed by atoms with Crippen LogP contribution in [-0.2, 0) is 11.3 Å². The van der Waals surface area contributed by atoms with Crippen LogP contribution in [0.1, 0.15) is 25.7 Å². The summed E-state index contributed by atoms with van der Waals surface area (Å²) in [5.74, 6) is 2.60. The van der Waals surface area contributed by atoms with Crippen LogP contribution in [0.15, 0.2) is 42.1 Å². The lowest BCUT2D eigenvalue weighted by atomic mass is 10.1. The van der Waals surface area contributed by atoms with Crippen LogP contribution in [-0.4, -0.2) is 32.5 Å². The highest BCUT2D eigenvalue weighted by molar-refractivity contribution is 7.99. The Morgan fingerprint density at radius 1 is 1.26 bits per heavy atom. The molecule has 0 aliphatic heterocycles. The van der Waals surface area contributed by atoms with Gasteiger partial charge in [0.25, 0.3) is 0 Å². The van der Waals surface area contributed by atoms with Gasteiger partial charge in [0, 0.05) is 23.2 Å². The van der Waals surface area contributed by atoms with Crippen LogP contribution < -0.4 is 5.32 Å². The summed E-state index contributed by atoms with van der Waals surface area (Å²) < 4.78 is 1.98. The van der Waals surface area contributed by atoms with Gasteiger partial charge in [0.2, 0.25) is 5.91 Å². The van der Waals surface area contributed by atoms with Gasteiger partial charge in [-0.1, -0.05) is 29.4 Å². The van der Waals surface area contributed by atoms with Crippen molar-refractivity contribution >= 4 is 29.3 Å². The molecule has 0 bridgehead atoms. The number of nitrogens with zero attached hydrogens (tertiary/aromatic N) is 3. The molecule has 0 radical (unpaired) electrons. The van der Waals surface area contributed by atoms with Gasteiger partial charge in [0.15, 0.2) is 11.0 Å². The Morgan fingerprint density at radius 3 is 2.52 bits per heavy atom. The molecule has 0 unspecified atom stereocenters. The summed E-state index contributed by atoms with van der Waals surface area (Å²) in [7, 11) is 0. The van der Waals surface area contributed by atoms with E-state index in [0.717, 1.165) is 16.5 Å². The fourth-order valence-electron chi connectivity index (χ4n) is 3.39. The lowest BCUT2D eigenvalue weighted by Gasteiger charge is -2.17. The number of halogens is 1. The van der Waals surface area contributed by atoms with Crippen molar-refractivity contribution in [3.05, 3.63) is 41.9 Å². The van der Waals surface area contributed by atoms with Crippen molar-refractivity contribution in [2.75, 3.05) is 5.75 Å². The van der Waals surface area contributed by atoms with Crippen molar-refractivity contribution in [2.24, 2.45) is 11.8 Å². The van der Waals surface area contributed by atoms with Crippen LogP contribution in [0.3, 0.4) is 0 Å². The van der Waals surface area contributed by atoms with Crippen molar-refractivity contribution in [2.45, 2.75) is 43.4 Å². The molecule has 4 rings (SSSR count). The number of hydrogen-bond donors (Lipinski definition) is 1. The first-order valence-electron chi connectivity index (χ1n) is 9.38. The van der Waals surface area contributed by atoms with Gasteiger partial charge in [-0.2, -0.15) is 0 Å². The standard InChI is InChI=1S/C20H23ClN4OS/c1-2-11-25-19(15-7-9-16(21)10-8-15)23-24-20(25)27-12-17(26)22-18(13-3-4-13)14-5-6-14/h2,7-10,13-14,18H,1,3-6,11-12H2,(H,22,26). The number of nitrogens with one attached hydrogen (secondary N) is 1. The molecule has 142 valence electrons. The number of carbonyl (C=O) groups excluding carboxylic acids is 1. The Morgan fingerprint density at radius 2 is 1.93 bits per heavy atom. The van der Waals surface area contributed by atoms with Gasteiger partial charge in [-0.15, -0.1) is 16.8 Å². The SMILES string of the molecule is C=CCn1c(SCC(=O)NC(C2CC2)C2CC2)nnc1-c1ccc(Cl)cc1. The van der Waals surface area contributed by atoms with Gasteiger partial charge in [-0.3, -0.25) is 9.36 Å². The van der Waals surface area contributed by atoms with Gasteiger partial charge in [-0.05, 0) is 61.8 Å². The van der Waals surface area contributed by atoms with Gasteiger partial charge in [0.05, 0.1) is 5.75 Å². The molecule has 2 saturated carbocycles. The molecule has 27 heavy (non-hydrogen) atoms. The average molecular weight is 403 g/mol. The molecule has 5 nitrogen and oxygen atoms in total. The Labute approximate surface area is 168 Å². The van der Waals surface area contributed by atoms with Crippen LogP contribution in [0, 0.1) is 11.8 Å². The second-order valence-electron chi connectivity index (χ2n) is 7.27. The molecule has 1 aromatic carbocycles. The smallest absolute Gasteiger partial charge is 0.230 e. The molecule has 0 atom stereocenters. The van der Waals surface area contributed by atoms with Crippen LogP contribution in [0.4, 0.5) is 0 Å². The monoisotopic (exact) mass is 402 g/mol. The molecule has 2 aliphatic rings. The quantitative estimate of drug-likeness (QED) is 0.505. The molecule has 7 heteroatoms. The maximum Gasteiger partial charge on any atom is 0.230 e. The number of rotatable bonds is 9. The van der Waals surface area contributed by atoms with Crippen LogP contribution in [0.25, 0.3) is 11.4 Å². The van der Waals surface area contributed by atoms with E-state index in [2.05, 4.69) is 22.1 Å². The fraction of sp³-hybridized carbons (Fsp3) is 0.450. The normalized spacial score (nSPS) is 16.5. The van der Waals surface area contributed by atoms with E-state index < -0.39 is 0 Å². The number of amides is 1. The highest BCUT2D eigenvalue weighted by Gasteiger charge is 2.42. The third kappa shape index (κ3) is 4.55. The Bertz CT molecular complexity index is 815. The third-order valence-electron chi connectivity index (χ3n) is 5.05. The molecular weight excluding hydrogens is 380 g/mol. The molecule has 2 fully saturated rings. The van der Waals surface area contributed by atoms with Gasteiger partial charge in [-0.25, -0.2) is 0 Å². The zero-order valence-electron chi connectivity index (χ0n) is 15.1. The summed E-state index contributed by atoms with van der Waals surface area (Å²) in [5.41, 5.74) is 0.938. The highest BCUT2D eigenvalue weighted by atomic mass is 35.5. The lowest BCUT2D eigenvalue weighted by molar-refractivity contribution is -0.119. The Hall–Kier alpha value is -1.79. The number of hydrogen-bond acceptors (Lipinski definition) is 4. The maximum atomic E-state index is 12.5. The van der Waals surface area contributed by atoms with Crippen LogP contribution in [0.5, 0.6) is 0 Å². The first-order chi connectivity index (χ1) is 13.2. The van der Waals surface area contributed by atoms with E-state index in [9.17, 15) is 4.79 Å². The van der Waals surface area contributed by atoms with Crippen molar-refractivity contribution in [1.82, 2.24) is 20.1 Å². The predicted octanol–water partition coefficient (Wildman–Crippen LogP) is 4.18. The lowest BCUT2D eigenvalue weighted by Crippen LogP contribution is -2.39. The van der Waals surface area contributed by atoms with Crippen molar-refractivity contribution in [1.29, 1.82) is 0 Å². The number of carbonyl (C=O) groups is 1. The second kappa shape index (κ2) is 8.07. The first kappa shape index (κ1) is 18.6. The van der Waals surface area contributed by atoms with Crippen LogP contribution >= 0.6 is 23.4 Å². The highest BCUT2D eigenvalue weighted by Crippen LogP contribution is 2.44. The van der Waals surface area contributed by atoms with Gasteiger partial charge < -0.3 is 5.32 Å². The molecule has 2 aromatic rings. The van der Waals surface area contributed by atoms with E-state index in [1.54, 1.807) is 0 Å². The molecule has 1 aromatic heterocycles. The first-order valence-corrected chi connectivity index (χ1v) is 10.7. The maximum absolute atomic E-state index is 12.5. The van der Waals surface area contributed by atoms with Crippen molar-refractivity contribution < 1.29 is 4.79 Å². The van der Waals surface area contributed by atoms with Gasteiger partial charge >= 0.3 is 0 Å². The van der Waals surface area contributed by atoms with Crippen molar-refractivity contribution in [3.63, 3.8) is 0 Å². The van der Waals surface area contributed by atoms with Gasteiger partial charge in [0.1, 0.15) is 0 Å². The number of benzene rings is 1. The van der Waals surface area contributed by atoms with E-state index in [1.165, 1.54) is 37.4 Å². The molecule has 1 amide bonds. The van der Waals surface area contributed by atoms with E-state index in [0.29, 0.717) is 35.2 Å². The Kier molecular flexibility index (Phi) is 5.55. The number of thioether (sulfide) groups is 1. The van der Waals surface area contributed by atoms with E-state index >= 15 is 0 Å². The molecule has 1 N–H and O–H groups in total. The summed E-state index contributed by atoms with van der Waals surface area (Å²) in [6.45, 7) is 4.41.